The molecule has 0 amide bonds. The lowest BCUT2D eigenvalue weighted by atomic mass is 10.1. The molecule has 1 aliphatic rings. The van der Waals surface area contributed by atoms with Crippen LogP contribution >= 0.6 is 11.6 Å². The van der Waals surface area contributed by atoms with Crippen LogP contribution in [0.2, 0.25) is 5.02 Å². The number of pyridine rings is 1. The molecule has 1 saturated carbocycles. The first-order valence-electron chi connectivity index (χ1n) is 8.80. The molecule has 0 unspecified atom stereocenters. The average molecular weight is 387 g/mol. The van der Waals surface area contributed by atoms with E-state index in [1.54, 1.807) is 18.2 Å². The van der Waals surface area contributed by atoms with Gasteiger partial charge in [0.1, 0.15) is 17.5 Å². The Bertz CT molecular complexity index is 951. The second kappa shape index (κ2) is 7.08. The number of aromatic nitrogens is 3. The highest BCUT2D eigenvalue weighted by molar-refractivity contribution is 6.33. The van der Waals surface area contributed by atoms with Crippen LogP contribution in [-0.4, -0.2) is 15.2 Å². The molecule has 0 aliphatic heterocycles. The van der Waals surface area contributed by atoms with Gasteiger partial charge in [-0.05, 0) is 43.5 Å². The maximum absolute atomic E-state index is 13.1. The van der Waals surface area contributed by atoms with E-state index in [0.717, 1.165) is 11.3 Å². The van der Waals surface area contributed by atoms with Gasteiger partial charge in [-0.2, -0.15) is 5.10 Å². The predicted octanol–water partition coefficient (Wildman–Crippen LogP) is 4.97. The number of halogens is 2. The van der Waals surface area contributed by atoms with Crippen molar-refractivity contribution >= 4 is 34.7 Å². The van der Waals surface area contributed by atoms with Crippen LogP contribution < -0.4 is 16.4 Å². The normalized spacial score (nSPS) is 14.8. The molecule has 1 aromatic carbocycles. The smallest absolute Gasteiger partial charge is 0.152 e. The zero-order valence-electron chi connectivity index (χ0n) is 14.8. The fourth-order valence-electron chi connectivity index (χ4n) is 2.89. The first-order valence-corrected chi connectivity index (χ1v) is 9.17. The fraction of sp³-hybridized carbons (Fsp3) is 0.263. The minimum absolute atomic E-state index is 0.110. The van der Waals surface area contributed by atoms with Gasteiger partial charge < -0.3 is 16.4 Å². The molecule has 0 bridgehead atoms. The topological polar surface area (TPSA) is 91.6 Å². The number of hydrogen-bond donors (Lipinski definition) is 4. The number of nitrogens with one attached hydrogen (secondary N) is 3. The van der Waals surface area contributed by atoms with Crippen LogP contribution in [0.3, 0.4) is 0 Å². The summed E-state index contributed by atoms with van der Waals surface area (Å²) in [6.45, 7) is 1.94. The molecule has 140 valence electrons. The number of rotatable bonds is 6. The summed E-state index contributed by atoms with van der Waals surface area (Å²) in [5, 5.41) is 14.1. The first kappa shape index (κ1) is 17.6. The van der Waals surface area contributed by atoms with Gasteiger partial charge >= 0.3 is 0 Å². The summed E-state index contributed by atoms with van der Waals surface area (Å²) in [5.41, 5.74) is 8.73. The Kier molecular flexibility index (Phi) is 4.61. The molecule has 0 radical (unpaired) electrons. The van der Waals surface area contributed by atoms with Crippen molar-refractivity contribution in [2.45, 2.75) is 31.7 Å². The second-order valence-electron chi connectivity index (χ2n) is 6.78. The Morgan fingerprint density at radius 1 is 1.26 bits per heavy atom. The summed E-state index contributed by atoms with van der Waals surface area (Å²) in [7, 11) is 0. The molecule has 27 heavy (non-hydrogen) atoms. The summed E-state index contributed by atoms with van der Waals surface area (Å²) in [4.78, 5) is 4.37. The molecule has 1 atom stereocenters. The Morgan fingerprint density at radius 3 is 2.70 bits per heavy atom. The Labute approximate surface area is 161 Å². The maximum Gasteiger partial charge on any atom is 0.152 e. The quantitative estimate of drug-likeness (QED) is 0.480. The standard InChI is InChI=1S/C19H20ClFN6/c1-10(11-4-6-13(21)7-5-11)23-19-14(20)8-16(18(22)25-19)24-17-9-15(26-27-17)12-2-3-12/h4-10,12H,2-3H2,1H3,(H3,22,23,25)(H2,24,26,27)/t10-/m0/s1. The zero-order valence-corrected chi connectivity index (χ0v) is 15.5. The monoisotopic (exact) mass is 386 g/mol. The van der Waals surface area contributed by atoms with Crippen molar-refractivity contribution in [3.63, 3.8) is 0 Å². The number of anilines is 4. The Hall–Kier alpha value is -2.80. The van der Waals surface area contributed by atoms with E-state index < -0.39 is 0 Å². The summed E-state index contributed by atoms with van der Waals surface area (Å²) in [6, 6.07) is 9.86. The van der Waals surface area contributed by atoms with Crippen LogP contribution in [0.15, 0.2) is 36.4 Å². The van der Waals surface area contributed by atoms with Crippen LogP contribution in [0.1, 0.15) is 43.0 Å². The van der Waals surface area contributed by atoms with Gasteiger partial charge in [0.15, 0.2) is 5.82 Å². The third-order valence-corrected chi connectivity index (χ3v) is 4.89. The number of nitrogen functional groups attached to an aromatic ring is 1. The van der Waals surface area contributed by atoms with Gasteiger partial charge in [0.05, 0.1) is 10.7 Å². The van der Waals surface area contributed by atoms with E-state index in [1.807, 2.05) is 13.0 Å². The van der Waals surface area contributed by atoms with Gasteiger partial charge in [-0.3, -0.25) is 5.10 Å². The number of benzene rings is 1. The summed E-state index contributed by atoms with van der Waals surface area (Å²) in [6.07, 6.45) is 2.40. The third kappa shape index (κ3) is 3.98. The molecule has 8 heteroatoms. The van der Waals surface area contributed by atoms with E-state index in [1.165, 1.54) is 25.0 Å². The van der Waals surface area contributed by atoms with Crippen LogP contribution in [-0.2, 0) is 0 Å². The molecule has 3 aromatic rings. The van der Waals surface area contributed by atoms with Gasteiger partial charge in [-0.25, -0.2) is 9.37 Å². The van der Waals surface area contributed by atoms with Crippen molar-refractivity contribution < 1.29 is 4.39 Å². The summed E-state index contributed by atoms with van der Waals surface area (Å²) < 4.78 is 13.1. The third-order valence-electron chi connectivity index (χ3n) is 4.61. The molecule has 2 heterocycles. The molecular formula is C19H20ClFN6. The molecule has 5 N–H and O–H groups in total. The van der Waals surface area contributed by atoms with E-state index in [4.69, 9.17) is 17.3 Å². The number of H-pyrrole nitrogens is 1. The van der Waals surface area contributed by atoms with Gasteiger partial charge in [0.2, 0.25) is 0 Å². The first-order chi connectivity index (χ1) is 13.0. The van der Waals surface area contributed by atoms with Gasteiger partial charge in [-0.1, -0.05) is 23.7 Å². The number of aromatic amines is 1. The lowest BCUT2D eigenvalue weighted by Crippen LogP contribution is -2.10. The molecule has 1 aliphatic carbocycles. The van der Waals surface area contributed by atoms with Gasteiger partial charge in [0, 0.05) is 23.7 Å². The number of nitrogens with zero attached hydrogens (tertiary/aromatic N) is 2. The van der Waals surface area contributed by atoms with Crippen molar-refractivity contribution in [3.05, 3.63) is 58.5 Å². The minimum atomic E-state index is -0.273. The highest BCUT2D eigenvalue weighted by Crippen LogP contribution is 2.40. The maximum atomic E-state index is 13.1. The van der Waals surface area contributed by atoms with Crippen LogP contribution in [0.4, 0.5) is 27.5 Å². The Morgan fingerprint density at radius 2 is 2.00 bits per heavy atom. The summed E-state index contributed by atoms with van der Waals surface area (Å²) in [5.74, 6) is 1.78. The lowest BCUT2D eigenvalue weighted by molar-refractivity contribution is 0.626. The van der Waals surface area contributed by atoms with Crippen molar-refractivity contribution in [1.82, 2.24) is 15.2 Å². The van der Waals surface area contributed by atoms with Crippen LogP contribution in [0.5, 0.6) is 0 Å². The van der Waals surface area contributed by atoms with Crippen molar-refractivity contribution in [2.24, 2.45) is 0 Å². The van der Waals surface area contributed by atoms with E-state index in [-0.39, 0.29) is 11.9 Å². The second-order valence-corrected chi connectivity index (χ2v) is 7.18. The molecule has 0 saturated heterocycles. The van der Waals surface area contributed by atoms with Gasteiger partial charge in [0.25, 0.3) is 0 Å². The molecule has 0 spiro atoms. The predicted molar refractivity (Wildman–Crippen MR) is 106 cm³/mol. The SMILES string of the molecule is C[C@H](Nc1nc(N)c(Nc2cc(C3CC3)[nH]n2)cc1Cl)c1ccc(F)cc1. The van der Waals surface area contributed by atoms with E-state index in [2.05, 4.69) is 25.8 Å². The summed E-state index contributed by atoms with van der Waals surface area (Å²) >= 11 is 6.38. The van der Waals surface area contributed by atoms with Crippen LogP contribution in [0, 0.1) is 5.82 Å². The van der Waals surface area contributed by atoms with Crippen molar-refractivity contribution in [2.75, 3.05) is 16.4 Å². The van der Waals surface area contributed by atoms with Crippen molar-refractivity contribution in [1.29, 1.82) is 0 Å². The van der Waals surface area contributed by atoms with E-state index >= 15 is 0 Å². The highest BCUT2D eigenvalue weighted by Gasteiger charge is 2.25. The molecule has 4 rings (SSSR count). The van der Waals surface area contributed by atoms with Crippen molar-refractivity contribution in [3.8, 4) is 0 Å². The number of hydrogen-bond acceptors (Lipinski definition) is 5. The minimum Gasteiger partial charge on any atom is -0.382 e. The largest absolute Gasteiger partial charge is 0.382 e. The molecule has 1 fully saturated rings. The molecule has 6 nitrogen and oxygen atoms in total. The van der Waals surface area contributed by atoms with E-state index in [0.29, 0.717) is 34.1 Å². The van der Waals surface area contributed by atoms with Gasteiger partial charge in [-0.15, -0.1) is 0 Å². The van der Waals surface area contributed by atoms with Crippen LogP contribution in [0.25, 0.3) is 0 Å². The fourth-order valence-corrected chi connectivity index (χ4v) is 3.09. The zero-order chi connectivity index (χ0) is 19.0. The Balaban J connectivity index is 1.49. The average Bonchev–Trinajstić information content (AvgIpc) is 3.39. The molecule has 2 aromatic heterocycles. The molecular weight excluding hydrogens is 367 g/mol. The van der Waals surface area contributed by atoms with E-state index in [9.17, 15) is 4.39 Å². The number of nitrogens with two attached hydrogens (primary N) is 1. The lowest BCUT2D eigenvalue weighted by Gasteiger charge is -2.17. The highest BCUT2D eigenvalue weighted by atomic mass is 35.5.